The second-order valence-electron chi connectivity index (χ2n) is 4.90. The number of anilines is 1. The van der Waals surface area contributed by atoms with E-state index >= 15 is 0 Å². The summed E-state index contributed by atoms with van der Waals surface area (Å²) in [6, 6.07) is 11.3. The van der Waals surface area contributed by atoms with Crippen LogP contribution in [0.5, 0.6) is 5.95 Å². The number of benzene rings is 1. The third-order valence-corrected chi connectivity index (χ3v) is 2.79. The van der Waals surface area contributed by atoms with E-state index < -0.39 is 0 Å². The number of para-hydroxylation sites is 1. The number of carbonyl (C=O) groups is 1. The average molecular weight is 288 g/mol. The highest BCUT2D eigenvalue weighted by molar-refractivity contribution is 6.05. The summed E-state index contributed by atoms with van der Waals surface area (Å²) in [6.07, 6.45) is 1.45. The number of ether oxygens (including phenoxy) is 1. The molecule has 0 atom stereocenters. The fraction of sp³-hybridized carbons (Fsp3) is 0.312. The summed E-state index contributed by atoms with van der Waals surface area (Å²) < 4.78 is 10.7. The predicted octanol–water partition coefficient (Wildman–Crippen LogP) is 2.91. The number of amides is 1. The van der Waals surface area contributed by atoms with Crippen molar-refractivity contribution in [2.75, 3.05) is 18.5 Å². The number of rotatable bonds is 7. The van der Waals surface area contributed by atoms with Crippen LogP contribution in [0.1, 0.15) is 24.2 Å². The summed E-state index contributed by atoms with van der Waals surface area (Å²) in [7, 11) is 0. The summed E-state index contributed by atoms with van der Waals surface area (Å²) in [6.45, 7) is 5.26. The van der Waals surface area contributed by atoms with Crippen LogP contribution in [0.3, 0.4) is 0 Å². The molecule has 2 aromatic rings. The lowest BCUT2D eigenvalue weighted by Gasteiger charge is -2.09. The molecule has 5 nitrogen and oxygen atoms in total. The van der Waals surface area contributed by atoms with E-state index in [0.717, 1.165) is 5.69 Å². The van der Waals surface area contributed by atoms with Crippen molar-refractivity contribution in [1.82, 2.24) is 5.32 Å². The molecule has 1 amide bonds. The van der Waals surface area contributed by atoms with Crippen LogP contribution in [0.25, 0.3) is 0 Å². The lowest BCUT2D eigenvalue weighted by molar-refractivity contribution is 0.101. The summed E-state index contributed by atoms with van der Waals surface area (Å²) in [5, 5.41) is 6.03. The van der Waals surface area contributed by atoms with Crippen molar-refractivity contribution in [1.29, 1.82) is 0 Å². The van der Waals surface area contributed by atoms with Gasteiger partial charge >= 0.3 is 0 Å². The summed E-state index contributed by atoms with van der Waals surface area (Å²) in [4.78, 5) is 12.2. The van der Waals surface area contributed by atoms with Gasteiger partial charge in [-0.3, -0.25) is 4.79 Å². The van der Waals surface area contributed by atoms with Crippen LogP contribution >= 0.6 is 0 Å². The Hall–Kier alpha value is -2.27. The van der Waals surface area contributed by atoms with Crippen LogP contribution in [-0.4, -0.2) is 25.1 Å². The fourth-order valence-corrected chi connectivity index (χ4v) is 1.79. The summed E-state index contributed by atoms with van der Waals surface area (Å²) in [5.74, 6) is -0.00393. The van der Waals surface area contributed by atoms with E-state index in [1.165, 1.54) is 6.26 Å². The number of hydrogen-bond acceptors (Lipinski definition) is 4. The Morgan fingerprint density at radius 2 is 2.00 bits per heavy atom. The molecule has 1 aromatic heterocycles. The molecule has 2 N–H and O–H groups in total. The first-order valence-electron chi connectivity index (χ1n) is 6.97. The fourth-order valence-electron chi connectivity index (χ4n) is 1.79. The average Bonchev–Trinajstić information content (AvgIpc) is 2.93. The van der Waals surface area contributed by atoms with E-state index in [4.69, 9.17) is 9.15 Å². The van der Waals surface area contributed by atoms with E-state index in [-0.39, 0.29) is 11.9 Å². The zero-order valence-corrected chi connectivity index (χ0v) is 12.3. The van der Waals surface area contributed by atoms with E-state index in [0.29, 0.717) is 24.8 Å². The molecular weight excluding hydrogens is 268 g/mol. The minimum absolute atomic E-state index is 0.244. The SMILES string of the molecule is CC(C)NCCOc1occc1C(=O)Nc1ccccc1. The normalized spacial score (nSPS) is 10.6. The van der Waals surface area contributed by atoms with Crippen LogP contribution in [-0.2, 0) is 0 Å². The first-order chi connectivity index (χ1) is 10.2. The highest BCUT2D eigenvalue weighted by Gasteiger charge is 2.16. The molecule has 0 bridgehead atoms. The van der Waals surface area contributed by atoms with Crippen LogP contribution in [0.2, 0.25) is 0 Å². The van der Waals surface area contributed by atoms with E-state index in [2.05, 4.69) is 24.5 Å². The van der Waals surface area contributed by atoms with Crippen molar-refractivity contribution < 1.29 is 13.9 Å². The Morgan fingerprint density at radius 1 is 1.24 bits per heavy atom. The lowest BCUT2D eigenvalue weighted by Crippen LogP contribution is -2.27. The zero-order valence-electron chi connectivity index (χ0n) is 12.3. The van der Waals surface area contributed by atoms with Gasteiger partial charge in [-0.2, -0.15) is 0 Å². The maximum atomic E-state index is 12.2. The van der Waals surface area contributed by atoms with Crippen molar-refractivity contribution in [2.45, 2.75) is 19.9 Å². The minimum Gasteiger partial charge on any atom is -0.463 e. The third kappa shape index (κ3) is 4.65. The van der Waals surface area contributed by atoms with Crippen molar-refractivity contribution in [3.63, 3.8) is 0 Å². The molecule has 5 heteroatoms. The molecule has 0 aliphatic heterocycles. The third-order valence-electron chi connectivity index (χ3n) is 2.79. The lowest BCUT2D eigenvalue weighted by atomic mass is 10.2. The van der Waals surface area contributed by atoms with Gasteiger partial charge in [0.1, 0.15) is 12.2 Å². The molecular formula is C16H20N2O3. The summed E-state index contributed by atoms with van der Waals surface area (Å²) in [5.41, 5.74) is 1.12. The summed E-state index contributed by atoms with van der Waals surface area (Å²) >= 11 is 0. The molecule has 1 heterocycles. The van der Waals surface area contributed by atoms with Gasteiger partial charge in [-0.05, 0) is 18.2 Å². The second kappa shape index (κ2) is 7.50. The molecule has 21 heavy (non-hydrogen) atoms. The van der Waals surface area contributed by atoms with Crippen LogP contribution in [0, 0.1) is 0 Å². The van der Waals surface area contributed by atoms with Gasteiger partial charge in [-0.15, -0.1) is 0 Å². The van der Waals surface area contributed by atoms with Crippen molar-refractivity contribution in [3.05, 3.63) is 48.2 Å². The van der Waals surface area contributed by atoms with Gasteiger partial charge in [0, 0.05) is 18.3 Å². The highest BCUT2D eigenvalue weighted by Crippen LogP contribution is 2.21. The van der Waals surface area contributed by atoms with Gasteiger partial charge in [0.15, 0.2) is 0 Å². The van der Waals surface area contributed by atoms with E-state index in [9.17, 15) is 4.79 Å². The van der Waals surface area contributed by atoms with Gasteiger partial charge in [0.2, 0.25) is 0 Å². The number of hydrogen-bond donors (Lipinski definition) is 2. The minimum atomic E-state index is -0.248. The van der Waals surface area contributed by atoms with Gasteiger partial charge in [-0.25, -0.2) is 0 Å². The van der Waals surface area contributed by atoms with E-state index in [1.54, 1.807) is 6.07 Å². The molecule has 0 spiro atoms. The predicted molar refractivity (Wildman–Crippen MR) is 81.7 cm³/mol. The van der Waals surface area contributed by atoms with Gasteiger partial charge in [-0.1, -0.05) is 32.0 Å². The molecule has 0 unspecified atom stereocenters. The van der Waals surface area contributed by atoms with Crippen molar-refractivity contribution in [3.8, 4) is 5.95 Å². The van der Waals surface area contributed by atoms with Crippen LogP contribution in [0.15, 0.2) is 47.1 Å². The molecule has 0 saturated heterocycles. The largest absolute Gasteiger partial charge is 0.463 e. The maximum Gasteiger partial charge on any atom is 0.297 e. The van der Waals surface area contributed by atoms with Crippen molar-refractivity contribution in [2.24, 2.45) is 0 Å². The van der Waals surface area contributed by atoms with Gasteiger partial charge < -0.3 is 19.8 Å². The Labute approximate surface area is 124 Å². The monoisotopic (exact) mass is 288 g/mol. The molecule has 0 saturated carbocycles. The first-order valence-corrected chi connectivity index (χ1v) is 6.97. The number of carbonyl (C=O) groups excluding carboxylic acids is 1. The maximum absolute atomic E-state index is 12.2. The van der Waals surface area contributed by atoms with E-state index in [1.807, 2.05) is 30.3 Å². The molecule has 0 aliphatic rings. The molecule has 2 rings (SSSR count). The Balaban J connectivity index is 1.91. The first kappa shape index (κ1) is 15.1. The van der Waals surface area contributed by atoms with Gasteiger partial charge in [0.05, 0.1) is 6.26 Å². The molecule has 0 aliphatic carbocycles. The zero-order chi connectivity index (χ0) is 15.1. The molecule has 1 aromatic carbocycles. The topological polar surface area (TPSA) is 63.5 Å². The molecule has 0 fully saturated rings. The quantitative estimate of drug-likeness (QED) is 0.769. The Bertz CT molecular complexity index is 564. The highest BCUT2D eigenvalue weighted by atomic mass is 16.6. The van der Waals surface area contributed by atoms with Gasteiger partial charge in [0.25, 0.3) is 11.9 Å². The van der Waals surface area contributed by atoms with Crippen LogP contribution in [0.4, 0.5) is 5.69 Å². The standard InChI is InChI=1S/C16H20N2O3/c1-12(2)17-9-11-21-16-14(8-10-20-16)15(19)18-13-6-4-3-5-7-13/h3-8,10,12,17H,9,11H2,1-2H3,(H,18,19). The molecule has 0 radical (unpaired) electrons. The Kier molecular flexibility index (Phi) is 5.40. The smallest absolute Gasteiger partial charge is 0.297 e. The van der Waals surface area contributed by atoms with Crippen molar-refractivity contribution >= 4 is 11.6 Å². The second-order valence-corrected chi connectivity index (χ2v) is 4.90. The van der Waals surface area contributed by atoms with Crippen LogP contribution < -0.4 is 15.4 Å². The molecule has 112 valence electrons. The Morgan fingerprint density at radius 3 is 2.71 bits per heavy atom. The number of furan rings is 1. The number of nitrogens with one attached hydrogen (secondary N) is 2.